The molecule has 1 fully saturated rings. The summed E-state index contributed by atoms with van der Waals surface area (Å²) in [6.45, 7) is -0.613. The van der Waals surface area contributed by atoms with E-state index in [1.165, 1.54) is 5.38 Å². The highest BCUT2D eigenvalue weighted by Crippen LogP contribution is 2.35. The smallest absolute Gasteiger partial charge is 0.404 e. The lowest BCUT2D eigenvalue weighted by Crippen LogP contribution is -2.80. The molecule has 0 radical (unpaired) electrons. The minimum absolute atomic E-state index is 0.00641. The van der Waals surface area contributed by atoms with Crippen molar-refractivity contribution < 1.29 is 46.8 Å². The second-order valence-corrected chi connectivity index (χ2v) is 8.28. The van der Waals surface area contributed by atoms with Crippen LogP contribution >= 0.6 is 11.3 Å². The fourth-order valence-corrected chi connectivity index (χ4v) is 4.16. The molecule has 1 aliphatic heterocycles. The van der Waals surface area contributed by atoms with E-state index < -0.39 is 64.7 Å². The summed E-state index contributed by atoms with van der Waals surface area (Å²) in [7, 11) is -5.08. The van der Waals surface area contributed by atoms with Gasteiger partial charge in [-0.2, -0.15) is 8.42 Å². The average molecular weight is 480 g/mol. The highest BCUT2D eigenvalue weighted by atomic mass is 32.2. The first-order valence-corrected chi connectivity index (χ1v) is 10.2. The normalized spacial score (nSPS) is 21.2. The first-order chi connectivity index (χ1) is 14.3. The summed E-state index contributed by atoms with van der Waals surface area (Å²) in [5, 5.41) is 15.5. The number of anilines is 1. The van der Waals surface area contributed by atoms with E-state index >= 15 is 0 Å². The van der Waals surface area contributed by atoms with Gasteiger partial charge in [0.2, 0.25) is 6.61 Å². The van der Waals surface area contributed by atoms with Crippen molar-refractivity contribution in [3.05, 3.63) is 11.1 Å². The number of thiazole rings is 1. The van der Waals surface area contributed by atoms with E-state index in [-0.39, 0.29) is 15.1 Å². The third-order valence-electron chi connectivity index (χ3n) is 3.87. The van der Waals surface area contributed by atoms with E-state index in [1.54, 1.807) is 0 Å². The number of β-lactam (4-membered cyclic amide) rings is 1. The maximum atomic E-state index is 12.7. The molecule has 0 aromatic carbocycles. The van der Waals surface area contributed by atoms with Crippen molar-refractivity contribution in [1.82, 2.24) is 14.6 Å². The van der Waals surface area contributed by atoms with E-state index in [2.05, 4.69) is 25.0 Å². The molecule has 170 valence electrons. The van der Waals surface area contributed by atoms with Gasteiger partial charge in [0, 0.05) is 5.38 Å². The van der Waals surface area contributed by atoms with Crippen molar-refractivity contribution >= 4 is 56.4 Å². The van der Waals surface area contributed by atoms with Gasteiger partial charge >= 0.3 is 22.4 Å². The van der Waals surface area contributed by atoms with Crippen LogP contribution in [0.5, 0.6) is 0 Å². The van der Waals surface area contributed by atoms with Gasteiger partial charge in [0.1, 0.15) is 23.9 Å². The van der Waals surface area contributed by atoms with Crippen molar-refractivity contribution in [3.63, 3.8) is 0 Å². The minimum atomic E-state index is -5.08. The maximum absolute atomic E-state index is 12.7. The molecule has 0 unspecified atom stereocenters. The van der Waals surface area contributed by atoms with Crippen LogP contribution in [0.1, 0.15) is 12.6 Å². The number of carboxylic acid groups (broad SMARTS) is 1. The first-order valence-electron chi connectivity index (χ1n) is 7.95. The lowest BCUT2D eigenvalue weighted by atomic mass is 9.83. The SMILES string of the molecule is C[C@@]1(COC(N)=O)[C@H](NC(=O)/C(=N\OCC(=O)O)c2csc(N)n2)C(=O)N1S(=O)(=O)O. The number of primary amides is 1. The topological polar surface area (TPSA) is 254 Å². The molecule has 7 N–H and O–H groups in total. The molecule has 31 heavy (non-hydrogen) atoms. The number of nitrogens with zero attached hydrogens (tertiary/aromatic N) is 3. The number of nitrogens with one attached hydrogen (secondary N) is 1. The zero-order valence-corrected chi connectivity index (χ0v) is 17.2. The van der Waals surface area contributed by atoms with E-state index in [1.807, 2.05) is 0 Å². The first kappa shape index (κ1) is 23.8. The van der Waals surface area contributed by atoms with E-state index in [4.69, 9.17) is 16.6 Å². The third kappa shape index (κ3) is 5.16. The van der Waals surface area contributed by atoms with Crippen LogP contribution < -0.4 is 16.8 Å². The Bertz CT molecular complexity index is 1050. The van der Waals surface area contributed by atoms with Crippen LogP contribution in [-0.4, -0.2) is 81.7 Å². The summed E-state index contributed by atoms with van der Waals surface area (Å²) in [6.07, 6.45) is -1.30. The standard InChI is InChI=1S/C13H16N6O10S2/c1-13(4-28-12(15)24)8(10(23)19(13)31(25,26)27)17-9(22)7(18-29-2-6(20)21)5-3-30-11(14)16-5/h3,8H,2,4H2,1H3,(H2,14,16)(H2,15,24)(H,17,22)(H,20,21)(H,25,26,27)/b18-7-/t8-,13-/m1/s1. The monoisotopic (exact) mass is 480 g/mol. The number of carbonyl (C=O) groups excluding carboxylic acids is 3. The summed E-state index contributed by atoms with van der Waals surface area (Å²) in [4.78, 5) is 54.9. The second kappa shape index (κ2) is 8.70. The summed E-state index contributed by atoms with van der Waals surface area (Å²) >= 11 is 0.919. The molecule has 1 saturated heterocycles. The predicted molar refractivity (Wildman–Crippen MR) is 101 cm³/mol. The van der Waals surface area contributed by atoms with Crippen molar-refractivity contribution in [2.75, 3.05) is 18.9 Å². The molecule has 1 aromatic rings. The molecule has 3 amide bonds. The van der Waals surface area contributed by atoms with Crippen LogP contribution in [0.15, 0.2) is 10.5 Å². The number of hydrogen-bond acceptors (Lipinski definition) is 12. The molecular weight excluding hydrogens is 464 g/mol. The van der Waals surface area contributed by atoms with Crippen molar-refractivity contribution in [2.45, 2.75) is 18.5 Å². The Morgan fingerprint density at radius 3 is 2.58 bits per heavy atom. The van der Waals surface area contributed by atoms with Gasteiger partial charge in [-0.1, -0.05) is 5.16 Å². The number of nitrogen functional groups attached to an aromatic ring is 1. The van der Waals surface area contributed by atoms with Crippen molar-refractivity contribution in [1.29, 1.82) is 0 Å². The Hall–Kier alpha value is -3.51. The number of amides is 3. The molecule has 2 atom stereocenters. The Morgan fingerprint density at radius 2 is 2.10 bits per heavy atom. The molecule has 0 spiro atoms. The Kier molecular flexibility index (Phi) is 6.67. The van der Waals surface area contributed by atoms with Gasteiger partial charge in [-0.3, -0.25) is 14.1 Å². The number of hydrogen-bond donors (Lipinski definition) is 5. The number of aromatic nitrogens is 1. The Labute approximate surface area is 177 Å². The number of oxime groups is 1. The molecule has 18 heteroatoms. The quantitative estimate of drug-likeness (QED) is 0.106. The van der Waals surface area contributed by atoms with Gasteiger partial charge in [-0.15, -0.1) is 11.3 Å². The van der Waals surface area contributed by atoms with Gasteiger partial charge in [-0.05, 0) is 6.92 Å². The fraction of sp³-hybridized carbons (Fsp3) is 0.385. The highest BCUT2D eigenvalue weighted by Gasteiger charge is 2.63. The number of nitrogens with two attached hydrogens (primary N) is 2. The zero-order valence-electron chi connectivity index (χ0n) is 15.5. The van der Waals surface area contributed by atoms with Gasteiger partial charge < -0.3 is 31.5 Å². The largest absolute Gasteiger partial charge is 0.479 e. The summed E-state index contributed by atoms with van der Waals surface area (Å²) < 4.78 is 36.9. The lowest BCUT2D eigenvalue weighted by molar-refractivity contribution is -0.156. The number of carbonyl (C=O) groups is 4. The molecule has 2 heterocycles. The zero-order chi connectivity index (χ0) is 23.6. The second-order valence-electron chi connectivity index (χ2n) is 6.13. The molecule has 1 aromatic heterocycles. The maximum Gasteiger partial charge on any atom is 0.404 e. The summed E-state index contributed by atoms with van der Waals surface area (Å²) in [6, 6.07) is -1.62. The number of rotatable bonds is 9. The van der Waals surface area contributed by atoms with Crippen LogP contribution in [0.4, 0.5) is 9.93 Å². The summed E-state index contributed by atoms with van der Waals surface area (Å²) in [5.74, 6) is -3.78. The molecule has 0 bridgehead atoms. The van der Waals surface area contributed by atoms with Gasteiger partial charge in [0.05, 0.1) is 0 Å². The van der Waals surface area contributed by atoms with Crippen LogP contribution in [0.2, 0.25) is 0 Å². The van der Waals surface area contributed by atoms with Gasteiger partial charge in [-0.25, -0.2) is 18.9 Å². The van der Waals surface area contributed by atoms with E-state index in [0.717, 1.165) is 18.3 Å². The average Bonchev–Trinajstić information content (AvgIpc) is 3.06. The highest BCUT2D eigenvalue weighted by molar-refractivity contribution is 7.84. The number of ether oxygens (including phenoxy) is 1. The van der Waals surface area contributed by atoms with Crippen LogP contribution in [0.3, 0.4) is 0 Å². The molecule has 0 saturated carbocycles. The lowest BCUT2D eigenvalue weighted by Gasteiger charge is -2.51. The van der Waals surface area contributed by atoms with Gasteiger partial charge in [0.25, 0.3) is 11.8 Å². The summed E-state index contributed by atoms with van der Waals surface area (Å²) in [5.41, 5.74) is 7.71. The van der Waals surface area contributed by atoms with Crippen molar-refractivity contribution in [2.24, 2.45) is 10.9 Å². The number of carboxylic acids is 1. The van der Waals surface area contributed by atoms with Crippen LogP contribution in [0, 0.1) is 0 Å². The molecule has 2 rings (SSSR count). The molecular formula is C13H16N6O10S2. The Balaban J connectivity index is 2.32. The van der Waals surface area contributed by atoms with Crippen LogP contribution in [0.25, 0.3) is 0 Å². The molecule has 1 aliphatic rings. The fourth-order valence-electron chi connectivity index (χ4n) is 2.59. The van der Waals surface area contributed by atoms with Gasteiger partial charge in [0.15, 0.2) is 10.8 Å². The number of aliphatic carboxylic acids is 1. The molecule has 16 nitrogen and oxygen atoms in total. The third-order valence-corrected chi connectivity index (χ3v) is 5.60. The van der Waals surface area contributed by atoms with Crippen LogP contribution in [-0.2, 0) is 34.3 Å². The van der Waals surface area contributed by atoms with Crippen molar-refractivity contribution in [3.8, 4) is 0 Å². The Morgan fingerprint density at radius 1 is 1.45 bits per heavy atom. The molecule has 0 aliphatic carbocycles. The van der Waals surface area contributed by atoms with E-state index in [9.17, 15) is 32.1 Å². The van der Waals surface area contributed by atoms with E-state index in [0.29, 0.717) is 0 Å². The minimum Gasteiger partial charge on any atom is -0.479 e. The predicted octanol–water partition coefficient (Wildman–Crippen LogP) is -2.49.